The fraction of sp³-hybridized carbons (Fsp3) is 0.333. The number of aryl methyl sites for hydroxylation is 1. The monoisotopic (exact) mass is 390 g/mol. The first-order valence-corrected chi connectivity index (χ1v) is 8.87. The molecule has 3 amide bonds. The first-order chi connectivity index (χ1) is 12.9. The number of hydrogen-bond donors (Lipinski definition) is 2. The highest BCUT2D eigenvalue weighted by atomic mass is 35.5. The molecule has 27 heavy (non-hydrogen) atoms. The van der Waals surface area contributed by atoms with Crippen LogP contribution in [0.5, 0.6) is 0 Å². The van der Waals surface area contributed by atoms with Gasteiger partial charge in [-0.1, -0.05) is 29.8 Å². The van der Waals surface area contributed by atoms with Gasteiger partial charge in [-0.05, 0) is 38.8 Å². The molecule has 1 aliphatic rings. The maximum Gasteiger partial charge on any atom is 0.344 e. The molecule has 1 fully saturated rings. The van der Waals surface area contributed by atoms with Gasteiger partial charge in [0.05, 0.1) is 11.4 Å². The van der Waals surface area contributed by atoms with Gasteiger partial charge in [0, 0.05) is 6.04 Å². The Morgan fingerprint density at radius 3 is 2.56 bits per heavy atom. The molecule has 9 heteroatoms. The van der Waals surface area contributed by atoms with Crippen molar-refractivity contribution >= 4 is 29.5 Å². The highest BCUT2D eigenvalue weighted by molar-refractivity contribution is 6.33. The van der Waals surface area contributed by atoms with Crippen LogP contribution in [0.4, 0.5) is 4.79 Å². The van der Waals surface area contributed by atoms with E-state index in [1.165, 1.54) is 11.6 Å². The molecule has 3 rings (SSSR count). The number of para-hydroxylation sites is 1. The van der Waals surface area contributed by atoms with Crippen molar-refractivity contribution in [3.8, 4) is 5.69 Å². The lowest BCUT2D eigenvalue weighted by Gasteiger charge is -2.13. The number of aromatic nitrogens is 2. The molecule has 0 radical (unpaired) electrons. The second kappa shape index (κ2) is 7.79. The van der Waals surface area contributed by atoms with Gasteiger partial charge in [-0.15, -0.1) is 0 Å². The zero-order chi connectivity index (χ0) is 19.6. The molecule has 8 nitrogen and oxygen atoms in total. The Morgan fingerprint density at radius 2 is 1.93 bits per heavy atom. The summed E-state index contributed by atoms with van der Waals surface area (Å²) in [6, 6.07) is 8.59. The van der Waals surface area contributed by atoms with Crippen LogP contribution in [-0.4, -0.2) is 39.8 Å². The molecule has 1 heterocycles. The van der Waals surface area contributed by atoms with Gasteiger partial charge in [0.2, 0.25) is 0 Å². The van der Waals surface area contributed by atoms with Gasteiger partial charge >= 0.3 is 12.0 Å². The van der Waals surface area contributed by atoms with Gasteiger partial charge in [0.1, 0.15) is 10.7 Å². The number of carbonyl (C=O) groups excluding carboxylic acids is 3. The molecule has 2 N–H and O–H groups in total. The Bertz CT molecular complexity index is 877. The zero-order valence-corrected chi connectivity index (χ0v) is 15.6. The molecule has 142 valence electrons. The van der Waals surface area contributed by atoms with Gasteiger partial charge < -0.3 is 10.1 Å². The summed E-state index contributed by atoms with van der Waals surface area (Å²) in [6.45, 7) is 3.00. The van der Waals surface area contributed by atoms with Gasteiger partial charge in [-0.25, -0.2) is 14.3 Å². The van der Waals surface area contributed by atoms with E-state index >= 15 is 0 Å². The number of nitrogens with zero attached hydrogens (tertiary/aromatic N) is 2. The van der Waals surface area contributed by atoms with Crippen LogP contribution >= 0.6 is 11.6 Å². The number of hydrogen-bond acceptors (Lipinski definition) is 5. The number of esters is 1. The maximum atomic E-state index is 12.5. The van der Waals surface area contributed by atoms with Crippen molar-refractivity contribution in [3.05, 3.63) is 46.7 Å². The molecule has 0 bridgehead atoms. The number of ether oxygens (including phenoxy) is 1. The zero-order valence-electron chi connectivity index (χ0n) is 14.9. The molecular formula is C18H19ClN4O4. The molecule has 1 atom stereocenters. The highest BCUT2D eigenvalue weighted by Crippen LogP contribution is 2.24. The third kappa shape index (κ3) is 4.46. The van der Waals surface area contributed by atoms with E-state index in [-0.39, 0.29) is 16.8 Å². The first-order valence-electron chi connectivity index (χ1n) is 8.49. The van der Waals surface area contributed by atoms with E-state index in [9.17, 15) is 14.4 Å². The average Bonchev–Trinajstić information content (AvgIpc) is 3.38. The molecule has 1 aromatic heterocycles. The number of carbonyl (C=O) groups is 3. The summed E-state index contributed by atoms with van der Waals surface area (Å²) in [5.74, 6) is -1.50. The lowest BCUT2D eigenvalue weighted by molar-refractivity contribution is -0.127. The number of imide groups is 1. The van der Waals surface area contributed by atoms with Crippen molar-refractivity contribution in [2.45, 2.75) is 38.8 Å². The number of urea groups is 1. The predicted molar refractivity (Wildman–Crippen MR) is 97.9 cm³/mol. The normalized spacial score (nSPS) is 14.3. The van der Waals surface area contributed by atoms with Gasteiger partial charge in [0.25, 0.3) is 5.91 Å². The summed E-state index contributed by atoms with van der Waals surface area (Å²) in [5.41, 5.74) is 1.13. The van der Waals surface area contributed by atoms with E-state index in [0.29, 0.717) is 11.4 Å². The van der Waals surface area contributed by atoms with E-state index in [2.05, 4.69) is 15.7 Å². The van der Waals surface area contributed by atoms with Crippen LogP contribution in [0, 0.1) is 6.92 Å². The largest absolute Gasteiger partial charge is 0.449 e. The topological polar surface area (TPSA) is 102 Å². The SMILES string of the molecule is Cc1nn(-c2ccccc2)c(Cl)c1C(=O)OC(C)C(=O)NC(=O)NC1CC1. The fourth-order valence-corrected chi connectivity index (χ4v) is 2.76. The molecule has 0 spiro atoms. The van der Waals surface area contributed by atoms with Gasteiger partial charge in [0.15, 0.2) is 6.10 Å². The number of amides is 3. The molecule has 0 aliphatic heterocycles. The third-order valence-electron chi connectivity index (χ3n) is 4.01. The first kappa shape index (κ1) is 18.9. The lowest BCUT2D eigenvalue weighted by Crippen LogP contribution is -2.45. The lowest BCUT2D eigenvalue weighted by atomic mass is 10.2. The molecule has 1 aromatic carbocycles. The van der Waals surface area contributed by atoms with Crippen LogP contribution < -0.4 is 10.6 Å². The van der Waals surface area contributed by atoms with Crippen molar-refractivity contribution < 1.29 is 19.1 Å². The van der Waals surface area contributed by atoms with E-state index in [1.54, 1.807) is 19.1 Å². The molecule has 1 aliphatic carbocycles. The van der Waals surface area contributed by atoms with Gasteiger partial charge in [-0.3, -0.25) is 10.1 Å². The number of rotatable bonds is 5. The van der Waals surface area contributed by atoms with E-state index < -0.39 is 24.0 Å². The summed E-state index contributed by atoms with van der Waals surface area (Å²) in [5, 5.41) is 9.11. The van der Waals surface area contributed by atoms with Crippen LogP contribution in [0.2, 0.25) is 5.15 Å². The minimum atomic E-state index is -1.17. The summed E-state index contributed by atoms with van der Waals surface area (Å²) >= 11 is 6.31. The van der Waals surface area contributed by atoms with Crippen molar-refractivity contribution in [3.63, 3.8) is 0 Å². The van der Waals surface area contributed by atoms with Crippen LogP contribution in [-0.2, 0) is 9.53 Å². The van der Waals surface area contributed by atoms with Crippen LogP contribution in [0.3, 0.4) is 0 Å². The Labute approximate surface area is 160 Å². The average molecular weight is 391 g/mol. The summed E-state index contributed by atoms with van der Waals surface area (Å²) in [7, 11) is 0. The van der Waals surface area contributed by atoms with E-state index in [1.807, 2.05) is 18.2 Å². The molecule has 2 aromatic rings. The number of benzene rings is 1. The Morgan fingerprint density at radius 1 is 1.26 bits per heavy atom. The standard InChI is InChI=1S/C18H19ClN4O4/c1-10-14(15(19)23(22-10)13-6-4-3-5-7-13)17(25)27-11(2)16(24)21-18(26)20-12-8-9-12/h3-7,11-12H,8-9H2,1-2H3,(H2,20,21,24,26). The van der Waals surface area contributed by atoms with Crippen molar-refractivity contribution in [1.82, 2.24) is 20.4 Å². The summed E-state index contributed by atoms with van der Waals surface area (Å²) in [6.07, 6.45) is 0.628. The Kier molecular flexibility index (Phi) is 5.46. The quantitative estimate of drug-likeness (QED) is 0.763. The Balaban J connectivity index is 1.67. The number of halogens is 1. The maximum absolute atomic E-state index is 12.5. The molecular weight excluding hydrogens is 372 g/mol. The summed E-state index contributed by atoms with van der Waals surface area (Å²) in [4.78, 5) is 36.1. The minimum Gasteiger partial charge on any atom is -0.449 e. The van der Waals surface area contributed by atoms with E-state index in [0.717, 1.165) is 12.8 Å². The third-order valence-corrected chi connectivity index (χ3v) is 4.36. The second-order valence-electron chi connectivity index (χ2n) is 6.28. The molecule has 1 saturated carbocycles. The van der Waals surface area contributed by atoms with Gasteiger partial charge in [-0.2, -0.15) is 5.10 Å². The Hall–Kier alpha value is -2.87. The second-order valence-corrected chi connectivity index (χ2v) is 6.64. The van der Waals surface area contributed by atoms with Crippen molar-refractivity contribution in [1.29, 1.82) is 0 Å². The smallest absolute Gasteiger partial charge is 0.344 e. The fourth-order valence-electron chi connectivity index (χ4n) is 2.41. The van der Waals surface area contributed by atoms with Crippen molar-refractivity contribution in [2.24, 2.45) is 0 Å². The molecule has 1 unspecified atom stereocenters. The number of nitrogens with one attached hydrogen (secondary N) is 2. The van der Waals surface area contributed by atoms with Crippen molar-refractivity contribution in [2.75, 3.05) is 0 Å². The summed E-state index contributed by atoms with van der Waals surface area (Å²) < 4.78 is 6.58. The van der Waals surface area contributed by atoms with Crippen LogP contribution in [0.15, 0.2) is 30.3 Å². The molecule has 0 saturated heterocycles. The predicted octanol–water partition coefficient (Wildman–Crippen LogP) is 2.37. The van der Waals surface area contributed by atoms with E-state index in [4.69, 9.17) is 16.3 Å². The van der Waals surface area contributed by atoms with Crippen LogP contribution in [0.1, 0.15) is 35.8 Å². The van der Waals surface area contributed by atoms with Crippen LogP contribution in [0.25, 0.3) is 5.69 Å². The highest BCUT2D eigenvalue weighted by Gasteiger charge is 2.28. The minimum absolute atomic E-state index is 0.0719.